The van der Waals surface area contributed by atoms with Crippen molar-refractivity contribution < 1.29 is 4.39 Å². The highest BCUT2D eigenvalue weighted by Crippen LogP contribution is 2.56. The van der Waals surface area contributed by atoms with Crippen LogP contribution < -0.4 is 11.1 Å². The predicted molar refractivity (Wildman–Crippen MR) is 86.8 cm³/mol. The lowest BCUT2D eigenvalue weighted by Gasteiger charge is -2.57. The molecule has 0 saturated heterocycles. The molecule has 21 heavy (non-hydrogen) atoms. The van der Waals surface area contributed by atoms with Crippen molar-refractivity contribution in [2.24, 2.45) is 23.5 Å². The predicted octanol–water partition coefficient (Wildman–Crippen LogP) is 3.84. The van der Waals surface area contributed by atoms with Gasteiger partial charge in [-0.2, -0.15) is 0 Å². The molecule has 4 aliphatic carbocycles. The molecule has 2 nitrogen and oxygen atoms in total. The minimum Gasteiger partial charge on any atom is -0.389 e. The number of nitrogens with two attached hydrogens (primary N) is 1. The summed E-state index contributed by atoms with van der Waals surface area (Å²) in [6.07, 6.45) is 7.79. The molecule has 4 fully saturated rings. The largest absolute Gasteiger partial charge is 0.389 e. The molecule has 4 aliphatic rings. The van der Waals surface area contributed by atoms with Gasteiger partial charge in [0.15, 0.2) is 0 Å². The summed E-state index contributed by atoms with van der Waals surface area (Å²) < 4.78 is 14.3. The third kappa shape index (κ3) is 2.33. The highest BCUT2D eigenvalue weighted by atomic mass is 32.1. The lowest BCUT2D eigenvalue weighted by molar-refractivity contribution is 0.0106. The number of nitrogens with one attached hydrogen (secondary N) is 1. The van der Waals surface area contributed by atoms with Crippen LogP contribution in [0.15, 0.2) is 18.2 Å². The maximum Gasteiger partial charge on any atom is 0.146 e. The van der Waals surface area contributed by atoms with Gasteiger partial charge in [0.25, 0.3) is 0 Å². The van der Waals surface area contributed by atoms with Crippen molar-refractivity contribution >= 4 is 22.9 Å². The topological polar surface area (TPSA) is 38.0 Å². The molecule has 112 valence electrons. The molecule has 1 aromatic rings. The van der Waals surface area contributed by atoms with Gasteiger partial charge in [0.05, 0.1) is 5.69 Å². The van der Waals surface area contributed by atoms with E-state index >= 15 is 0 Å². The van der Waals surface area contributed by atoms with Crippen LogP contribution in [0.4, 0.5) is 10.1 Å². The van der Waals surface area contributed by atoms with E-state index in [0.717, 1.165) is 17.8 Å². The average Bonchev–Trinajstić information content (AvgIpc) is 2.39. The fourth-order valence-corrected chi connectivity index (χ4v) is 5.45. The van der Waals surface area contributed by atoms with Gasteiger partial charge in [0, 0.05) is 11.1 Å². The molecule has 5 rings (SSSR count). The van der Waals surface area contributed by atoms with Crippen molar-refractivity contribution in [3.05, 3.63) is 29.6 Å². The molecule has 0 radical (unpaired) electrons. The van der Waals surface area contributed by atoms with Crippen molar-refractivity contribution in [1.82, 2.24) is 0 Å². The maximum absolute atomic E-state index is 14.3. The van der Waals surface area contributed by atoms with Crippen molar-refractivity contribution in [2.75, 3.05) is 5.32 Å². The van der Waals surface area contributed by atoms with E-state index in [0.29, 0.717) is 11.3 Å². The summed E-state index contributed by atoms with van der Waals surface area (Å²) in [4.78, 5) is 0.246. The Bertz CT molecular complexity index is 563. The van der Waals surface area contributed by atoms with Crippen LogP contribution in [0.1, 0.15) is 44.1 Å². The van der Waals surface area contributed by atoms with Gasteiger partial charge < -0.3 is 11.1 Å². The molecule has 0 atom stereocenters. The normalized spacial score (nSPS) is 36.7. The van der Waals surface area contributed by atoms with E-state index in [9.17, 15) is 4.39 Å². The minimum atomic E-state index is -0.240. The van der Waals surface area contributed by atoms with E-state index in [1.165, 1.54) is 44.6 Å². The van der Waals surface area contributed by atoms with Crippen LogP contribution in [-0.2, 0) is 0 Å². The number of thiocarbonyl (C=S) groups is 1. The number of hydrogen-bond acceptors (Lipinski definition) is 2. The summed E-state index contributed by atoms with van der Waals surface area (Å²) in [5.74, 6) is 2.31. The Labute approximate surface area is 130 Å². The Balaban J connectivity index is 1.60. The van der Waals surface area contributed by atoms with Crippen LogP contribution in [0.2, 0.25) is 0 Å². The first kappa shape index (κ1) is 13.5. The van der Waals surface area contributed by atoms with Gasteiger partial charge in [-0.25, -0.2) is 4.39 Å². The summed E-state index contributed by atoms with van der Waals surface area (Å²) in [5, 5.41) is 3.56. The van der Waals surface area contributed by atoms with Gasteiger partial charge in [-0.3, -0.25) is 0 Å². The maximum atomic E-state index is 14.3. The molecule has 0 aliphatic heterocycles. The smallest absolute Gasteiger partial charge is 0.146 e. The number of hydrogen-bond donors (Lipinski definition) is 2. The van der Waals surface area contributed by atoms with Crippen LogP contribution in [0.5, 0.6) is 0 Å². The molecule has 0 unspecified atom stereocenters. The lowest BCUT2D eigenvalue weighted by atomic mass is 9.53. The Morgan fingerprint density at radius 2 is 1.71 bits per heavy atom. The summed E-state index contributed by atoms with van der Waals surface area (Å²) in [6, 6.07) is 5.06. The average molecular weight is 304 g/mol. The first-order valence-corrected chi connectivity index (χ1v) is 8.31. The summed E-state index contributed by atoms with van der Waals surface area (Å²) in [5.41, 5.74) is 6.89. The van der Waals surface area contributed by atoms with Crippen molar-refractivity contribution in [2.45, 2.75) is 44.1 Å². The van der Waals surface area contributed by atoms with E-state index in [1.54, 1.807) is 6.07 Å². The number of halogens is 1. The molecule has 4 heteroatoms. The van der Waals surface area contributed by atoms with E-state index in [2.05, 4.69) is 5.32 Å². The van der Waals surface area contributed by atoms with Crippen molar-refractivity contribution in [1.29, 1.82) is 0 Å². The molecule has 0 heterocycles. The van der Waals surface area contributed by atoms with E-state index in [-0.39, 0.29) is 16.3 Å². The zero-order valence-electron chi connectivity index (χ0n) is 12.1. The minimum absolute atomic E-state index is 0.125. The van der Waals surface area contributed by atoms with E-state index in [4.69, 9.17) is 18.0 Å². The lowest BCUT2D eigenvalue weighted by Crippen LogP contribution is -2.54. The van der Waals surface area contributed by atoms with Gasteiger partial charge in [0.1, 0.15) is 10.8 Å². The quantitative estimate of drug-likeness (QED) is 0.833. The van der Waals surface area contributed by atoms with Crippen molar-refractivity contribution in [3.8, 4) is 0 Å². The Morgan fingerprint density at radius 3 is 2.19 bits per heavy atom. The van der Waals surface area contributed by atoms with Crippen LogP contribution in [-0.4, -0.2) is 10.5 Å². The number of anilines is 1. The Morgan fingerprint density at radius 1 is 1.14 bits per heavy atom. The standard InChI is InChI=1S/C17H21FN2S/c18-14-6-13(16(19)21)1-2-15(14)20-17-7-10-3-11(8-17)5-12(4-10)9-17/h1-2,6,10-12,20H,3-5,7-9H2,(H2,19,21). The van der Waals surface area contributed by atoms with Gasteiger partial charge in [0.2, 0.25) is 0 Å². The Kier molecular flexibility index (Phi) is 3.00. The molecule has 1 aromatic carbocycles. The van der Waals surface area contributed by atoms with Gasteiger partial charge in [-0.15, -0.1) is 0 Å². The number of rotatable bonds is 3. The molecular weight excluding hydrogens is 283 g/mol. The molecule has 0 amide bonds. The fraction of sp³-hybridized carbons (Fsp3) is 0.588. The molecule has 4 bridgehead atoms. The summed E-state index contributed by atoms with van der Waals surface area (Å²) >= 11 is 4.91. The molecular formula is C17H21FN2S. The summed E-state index contributed by atoms with van der Waals surface area (Å²) in [7, 11) is 0. The second kappa shape index (κ2) is 4.67. The van der Waals surface area contributed by atoms with Gasteiger partial charge in [-0.1, -0.05) is 12.2 Å². The van der Waals surface area contributed by atoms with E-state index < -0.39 is 0 Å². The zero-order chi connectivity index (χ0) is 14.6. The molecule has 4 saturated carbocycles. The van der Waals surface area contributed by atoms with Gasteiger partial charge >= 0.3 is 0 Å². The molecule has 3 N–H and O–H groups in total. The van der Waals surface area contributed by atoms with Crippen LogP contribution in [0.3, 0.4) is 0 Å². The third-order valence-electron chi connectivity index (χ3n) is 5.69. The fourth-order valence-electron chi connectivity index (χ4n) is 5.32. The highest BCUT2D eigenvalue weighted by Gasteiger charge is 2.51. The monoisotopic (exact) mass is 304 g/mol. The molecule has 0 aromatic heterocycles. The van der Waals surface area contributed by atoms with Crippen LogP contribution in [0.25, 0.3) is 0 Å². The summed E-state index contributed by atoms with van der Waals surface area (Å²) in [6.45, 7) is 0. The SMILES string of the molecule is NC(=S)c1ccc(NC23CC4CC(CC(C4)C2)C3)c(F)c1. The van der Waals surface area contributed by atoms with E-state index in [1.807, 2.05) is 6.07 Å². The van der Waals surface area contributed by atoms with Crippen molar-refractivity contribution in [3.63, 3.8) is 0 Å². The molecule has 0 spiro atoms. The second-order valence-electron chi connectivity index (χ2n) is 7.38. The van der Waals surface area contributed by atoms with Gasteiger partial charge in [-0.05, 0) is 74.5 Å². The zero-order valence-corrected chi connectivity index (χ0v) is 12.9. The first-order chi connectivity index (χ1) is 10.0. The van der Waals surface area contributed by atoms with Crippen LogP contribution in [0, 0.1) is 23.6 Å². The first-order valence-electron chi connectivity index (χ1n) is 7.90. The highest BCUT2D eigenvalue weighted by molar-refractivity contribution is 7.80. The second-order valence-corrected chi connectivity index (χ2v) is 7.82. The van der Waals surface area contributed by atoms with Crippen LogP contribution >= 0.6 is 12.2 Å². The third-order valence-corrected chi connectivity index (χ3v) is 5.93. The number of benzene rings is 1. The Hall–Kier alpha value is -1.16.